The van der Waals surface area contributed by atoms with Crippen LogP contribution in [-0.4, -0.2) is 57.1 Å². The Morgan fingerprint density at radius 1 is 1.06 bits per heavy atom. The van der Waals surface area contributed by atoms with Gasteiger partial charge < -0.3 is 19.3 Å². The van der Waals surface area contributed by atoms with E-state index in [1.54, 1.807) is 30.9 Å². The summed E-state index contributed by atoms with van der Waals surface area (Å²) in [7, 11) is 0. The summed E-state index contributed by atoms with van der Waals surface area (Å²) in [6.07, 6.45) is -5.47. The number of rotatable bonds is 2. The highest BCUT2D eigenvalue weighted by molar-refractivity contribution is 5.97. The SMILES string of the molecule is CC(C)(C)c1cc(-c2ccc(C(F)(F)F)cc2)nc2cc(C(=O)N3CCN(C(=O)O)CC3(C)C)oc12. The Morgan fingerprint density at radius 3 is 2.22 bits per heavy atom. The summed E-state index contributed by atoms with van der Waals surface area (Å²) >= 11 is 0. The summed E-state index contributed by atoms with van der Waals surface area (Å²) in [6, 6.07) is 8.10. The fourth-order valence-electron chi connectivity index (χ4n) is 4.49. The minimum absolute atomic E-state index is 0.0735. The van der Waals surface area contributed by atoms with Crippen molar-refractivity contribution in [3.63, 3.8) is 0 Å². The van der Waals surface area contributed by atoms with E-state index in [1.165, 1.54) is 17.0 Å². The van der Waals surface area contributed by atoms with E-state index in [4.69, 9.17) is 4.42 Å². The zero-order chi connectivity index (χ0) is 26.6. The molecule has 7 nitrogen and oxygen atoms in total. The molecule has 0 spiro atoms. The fraction of sp³-hybridized carbons (Fsp3) is 0.423. The smallest absolute Gasteiger partial charge is 0.416 e. The number of halogens is 3. The van der Waals surface area contributed by atoms with Gasteiger partial charge in [-0.05, 0) is 37.5 Å². The second-order valence-electron chi connectivity index (χ2n) is 10.7. The number of piperazine rings is 1. The normalized spacial score (nSPS) is 16.4. The highest BCUT2D eigenvalue weighted by atomic mass is 19.4. The van der Waals surface area contributed by atoms with Gasteiger partial charge in [-0.1, -0.05) is 32.9 Å². The molecule has 0 saturated carbocycles. The van der Waals surface area contributed by atoms with Crippen molar-refractivity contribution in [2.45, 2.75) is 51.7 Å². The quantitative estimate of drug-likeness (QED) is 0.462. The Morgan fingerprint density at radius 2 is 1.69 bits per heavy atom. The molecule has 1 saturated heterocycles. The highest BCUT2D eigenvalue weighted by Gasteiger charge is 2.40. The molecule has 192 valence electrons. The summed E-state index contributed by atoms with van der Waals surface area (Å²) < 4.78 is 45.0. The number of aromatic nitrogens is 1. The summed E-state index contributed by atoms with van der Waals surface area (Å²) in [5.41, 5.74) is 0.685. The first kappa shape index (κ1) is 25.5. The fourth-order valence-corrected chi connectivity index (χ4v) is 4.49. The molecule has 1 aromatic carbocycles. The van der Waals surface area contributed by atoms with E-state index in [9.17, 15) is 27.9 Å². The molecule has 0 radical (unpaired) electrons. The molecule has 3 aromatic rings. The van der Waals surface area contributed by atoms with E-state index in [1.807, 2.05) is 20.8 Å². The highest BCUT2D eigenvalue weighted by Crippen LogP contribution is 2.36. The van der Waals surface area contributed by atoms with Crippen LogP contribution in [-0.2, 0) is 11.6 Å². The summed E-state index contributed by atoms with van der Waals surface area (Å²) in [5.74, 6) is -0.302. The average molecular weight is 504 g/mol. The average Bonchev–Trinajstić information content (AvgIpc) is 3.20. The van der Waals surface area contributed by atoms with Crippen molar-refractivity contribution in [2.24, 2.45) is 0 Å². The van der Waals surface area contributed by atoms with Gasteiger partial charge in [-0.25, -0.2) is 9.78 Å². The topological polar surface area (TPSA) is 86.9 Å². The first-order valence-electron chi connectivity index (χ1n) is 11.5. The molecule has 10 heteroatoms. The molecule has 36 heavy (non-hydrogen) atoms. The molecule has 1 fully saturated rings. The maximum absolute atomic E-state index is 13.4. The molecule has 1 N–H and O–H groups in total. The molecular formula is C26H28F3N3O4. The number of benzene rings is 1. The van der Waals surface area contributed by atoms with Crippen LogP contribution in [0.25, 0.3) is 22.4 Å². The minimum Gasteiger partial charge on any atom is -0.465 e. The molecule has 0 bridgehead atoms. The number of carboxylic acid groups (broad SMARTS) is 1. The second kappa shape index (κ2) is 8.53. The first-order chi connectivity index (χ1) is 16.6. The molecule has 0 aliphatic carbocycles. The van der Waals surface area contributed by atoms with Crippen LogP contribution in [0.4, 0.5) is 18.0 Å². The van der Waals surface area contributed by atoms with E-state index >= 15 is 0 Å². The van der Waals surface area contributed by atoms with E-state index in [-0.39, 0.29) is 31.3 Å². The lowest BCUT2D eigenvalue weighted by Crippen LogP contribution is -2.61. The van der Waals surface area contributed by atoms with Gasteiger partial charge in [0.1, 0.15) is 5.52 Å². The predicted octanol–water partition coefficient (Wildman–Crippen LogP) is 6.03. The molecule has 0 unspecified atom stereocenters. The first-order valence-corrected chi connectivity index (χ1v) is 11.5. The Balaban J connectivity index is 1.75. The van der Waals surface area contributed by atoms with Gasteiger partial charge in [0.2, 0.25) is 0 Å². The largest absolute Gasteiger partial charge is 0.465 e. The van der Waals surface area contributed by atoms with Gasteiger partial charge in [0.25, 0.3) is 5.91 Å². The van der Waals surface area contributed by atoms with Crippen LogP contribution in [0.15, 0.2) is 40.8 Å². The van der Waals surface area contributed by atoms with E-state index in [0.29, 0.717) is 22.4 Å². The number of amides is 2. The third-order valence-electron chi connectivity index (χ3n) is 6.42. The van der Waals surface area contributed by atoms with Crippen molar-refractivity contribution in [3.05, 3.63) is 53.3 Å². The van der Waals surface area contributed by atoms with Gasteiger partial charge in [-0.2, -0.15) is 13.2 Å². The maximum atomic E-state index is 13.4. The van der Waals surface area contributed by atoms with Gasteiger partial charge >= 0.3 is 12.3 Å². The van der Waals surface area contributed by atoms with Crippen molar-refractivity contribution in [1.82, 2.24) is 14.8 Å². The van der Waals surface area contributed by atoms with Crippen LogP contribution in [0.2, 0.25) is 0 Å². The monoisotopic (exact) mass is 503 g/mol. The van der Waals surface area contributed by atoms with Crippen molar-refractivity contribution >= 4 is 23.1 Å². The molecular weight excluding hydrogens is 475 g/mol. The molecule has 3 heterocycles. The second-order valence-corrected chi connectivity index (χ2v) is 10.7. The van der Waals surface area contributed by atoms with Crippen LogP contribution in [0.3, 0.4) is 0 Å². The summed E-state index contributed by atoms with van der Waals surface area (Å²) in [5, 5.41) is 9.33. The predicted molar refractivity (Wildman–Crippen MR) is 128 cm³/mol. The van der Waals surface area contributed by atoms with Crippen LogP contribution in [0.5, 0.6) is 0 Å². The van der Waals surface area contributed by atoms with Gasteiger partial charge in [0.15, 0.2) is 11.3 Å². The number of hydrogen-bond donors (Lipinski definition) is 1. The number of nitrogens with zero attached hydrogens (tertiary/aromatic N) is 3. The number of fused-ring (bicyclic) bond motifs is 1. The Bertz CT molecular complexity index is 1320. The van der Waals surface area contributed by atoms with Crippen molar-refractivity contribution < 1.29 is 32.3 Å². The van der Waals surface area contributed by atoms with Crippen molar-refractivity contribution in [1.29, 1.82) is 0 Å². The van der Waals surface area contributed by atoms with E-state index in [2.05, 4.69) is 4.98 Å². The molecule has 1 aliphatic heterocycles. The number of hydrogen-bond acceptors (Lipinski definition) is 4. The van der Waals surface area contributed by atoms with E-state index < -0.39 is 28.8 Å². The van der Waals surface area contributed by atoms with Crippen LogP contribution in [0.1, 0.15) is 56.3 Å². The number of pyridine rings is 1. The minimum atomic E-state index is -4.43. The summed E-state index contributed by atoms with van der Waals surface area (Å²) in [4.78, 5) is 32.3. The van der Waals surface area contributed by atoms with Crippen LogP contribution < -0.4 is 0 Å². The molecule has 2 aromatic heterocycles. The zero-order valence-corrected chi connectivity index (χ0v) is 20.7. The third kappa shape index (κ3) is 4.76. The van der Waals surface area contributed by atoms with Gasteiger partial charge in [-0.3, -0.25) is 4.79 Å². The van der Waals surface area contributed by atoms with E-state index in [0.717, 1.165) is 17.7 Å². The van der Waals surface area contributed by atoms with Crippen molar-refractivity contribution in [2.75, 3.05) is 19.6 Å². The lowest BCUT2D eigenvalue weighted by molar-refractivity contribution is -0.137. The lowest BCUT2D eigenvalue weighted by Gasteiger charge is -2.45. The Labute approximate surface area is 206 Å². The summed E-state index contributed by atoms with van der Waals surface area (Å²) in [6.45, 7) is 10.1. The zero-order valence-electron chi connectivity index (χ0n) is 20.7. The molecule has 0 atom stereocenters. The van der Waals surface area contributed by atoms with Crippen LogP contribution >= 0.6 is 0 Å². The van der Waals surface area contributed by atoms with Gasteiger partial charge in [0.05, 0.1) is 16.8 Å². The molecule has 1 aliphatic rings. The van der Waals surface area contributed by atoms with Gasteiger partial charge in [0, 0.05) is 36.8 Å². The maximum Gasteiger partial charge on any atom is 0.416 e. The van der Waals surface area contributed by atoms with Crippen LogP contribution in [0, 0.1) is 0 Å². The van der Waals surface area contributed by atoms with Crippen molar-refractivity contribution in [3.8, 4) is 11.3 Å². The lowest BCUT2D eigenvalue weighted by atomic mass is 9.86. The number of alkyl halides is 3. The molecule has 2 amide bonds. The van der Waals surface area contributed by atoms with Gasteiger partial charge in [-0.15, -0.1) is 0 Å². The standard InChI is InChI=1S/C26H28F3N3O4/c1-24(2,3)17-12-18(15-6-8-16(9-7-15)26(27,28)29)30-19-13-20(36-21(17)19)22(33)32-11-10-31(23(34)35)14-25(32,4)5/h6-9,12-13H,10-11,14H2,1-5H3,(H,34,35). The molecule has 4 rings (SSSR count). The Kier molecular flexibility index (Phi) is 6.05. The third-order valence-corrected chi connectivity index (χ3v) is 6.42. The number of carbonyl (C=O) groups excluding carboxylic acids is 1. The Hall–Kier alpha value is -3.56. The number of carbonyl (C=O) groups is 2. The number of furan rings is 1.